The number of carbonyl (C=O) groups excluding carboxylic acids is 1. The number of hydrogen-bond donors (Lipinski definition) is 3. The first-order valence-corrected chi connectivity index (χ1v) is 7.66. The number of rotatable bonds is 5. The maximum atomic E-state index is 11.9. The van der Waals surface area contributed by atoms with E-state index in [4.69, 9.17) is 10.5 Å². The lowest BCUT2D eigenvalue weighted by Gasteiger charge is -2.23. The van der Waals surface area contributed by atoms with Gasteiger partial charge >= 0.3 is 6.09 Å². The second-order valence-corrected chi connectivity index (χ2v) is 6.42. The van der Waals surface area contributed by atoms with Crippen molar-refractivity contribution in [3.05, 3.63) is 42.1 Å². The van der Waals surface area contributed by atoms with Crippen LogP contribution in [0.3, 0.4) is 0 Å². The summed E-state index contributed by atoms with van der Waals surface area (Å²) in [5.41, 5.74) is 8.25. The van der Waals surface area contributed by atoms with E-state index in [9.17, 15) is 4.79 Å². The standard InChI is InChI=1S/C17H24N4O2/c1-17(2,3)23-16(22)20-14(10-18)9-13-11-19-21-15(13)12-7-5-4-6-8-12/h4-8,11,14H,9-10,18H2,1-3H3,(H,19,21)(H,20,22). The molecule has 1 heterocycles. The molecule has 0 fully saturated rings. The Kier molecular flexibility index (Phi) is 5.39. The van der Waals surface area contributed by atoms with E-state index in [0.717, 1.165) is 16.8 Å². The topological polar surface area (TPSA) is 93.0 Å². The lowest BCUT2D eigenvalue weighted by Crippen LogP contribution is -2.44. The van der Waals surface area contributed by atoms with Crippen LogP contribution in [0.4, 0.5) is 4.79 Å². The lowest BCUT2D eigenvalue weighted by molar-refractivity contribution is 0.0506. The predicted molar refractivity (Wildman–Crippen MR) is 89.9 cm³/mol. The van der Waals surface area contributed by atoms with Crippen LogP contribution in [0, 0.1) is 0 Å². The minimum Gasteiger partial charge on any atom is -0.444 e. The summed E-state index contributed by atoms with van der Waals surface area (Å²) in [7, 11) is 0. The molecule has 0 bridgehead atoms. The third kappa shape index (κ3) is 5.10. The van der Waals surface area contributed by atoms with Gasteiger partial charge in [0.15, 0.2) is 0 Å². The van der Waals surface area contributed by atoms with Gasteiger partial charge in [0.1, 0.15) is 5.60 Å². The number of aromatic amines is 1. The van der Waals surface area contributed by atoms with Crippen molar-refractivity contribution >= 4 is 6.09 Å². The summed E-state index contributed by atoms with van der Waals surface area (Å²) >= 11 is 0. The fourth-order valence-corrected chi connectivity index (χ4v) is 2.25. The number of alkyl carbamates (subject to hydrolysis) is 1. The normalized spacial score (nSPS) is 12.7. The van der Waals surface area contributed by atoms with Crippen molar-refractivity contribution < 1.29 is 9.53 Å². The fourth-order valence-electron chi connectivity index (χ4n) is 2.25. The average Bonchev–Trinajstić information content (AvgIpc) is 2.93. The average molecular weight is 316 g/mol. The van der Waals surface area contributed by atoms with E-state index < -0.39 is 11.7 Å². The van der Waals surface area contributed by atoms with Crippen molar-refractivity contribution in [1.82, 2.24) is 15.5 Å². The van der Waals surface area contributed by atoms with Crippen LogP contribution < -0.4 is 11.1 Å². The number of benzene rings is 1. The molecule has 0 spiro atoms. The minimum atomic E-state index is -0.534. The molecule has 0 saturated carbocycles. The fraction of sp³-hybridized carbons (Fsp3) is 0.412. The molecule has 0 radical (unpaired) electrons. The van der Waals surface area contributed by atoms with Gasteiger partial charge in [-0.3, -0.25) is 5.10 Å². The van der Waals surface area contributed by atoms with Gasteiger partial charge in [-0.1, -0.05) is 30.3 Å². The van der Waals surface area contributed by atoms with Crippen LogP contribution in [0.5, 0.6) is 0 Å². The molecule has 0 aliphatic rings. The smallest absolute Gasteiger partial charge is 0.407 e. The highest BCUT2D eigenvalue weighted by Crippen LogP contribution is 2.21. The zero-order chi connectivity index (χ0) is 16.9. The minimum absolute atomic E-state index is 0.218. The van der Waals surface area contributed by atoms with Gasteiger partial charge in [-0.15, -0.1) is 0 Å². The molecule has 1 amide bonds. The Balaban J connectivity index is 2.06. The van der Waals surface area contributed by atoms with Gasteiger partial charge in [0.25, 0.3) is 0 Å². The van der Waals surface area contributed by atoms with Crippen LogP contribution >= 0.6 is 0 Å². The van der Waals surface area contributed by atoms with Crippen LogP contribution in [-0.2, 0) is 11.2 Å². The Hall–Kier alpha value is -2.34. The Morgan fingerprint density at radius 1 is 1.35 bits per heavy atom. The van der Waals surface area contributed by atoms with E-state index in [1.165, 1.54) is 0 Å². The van der Waals surface area contributed by atoms with Gasteiger partial charge in [0, 0.05) is 12.6 Å². The third-order valence-electron chi connectivity index (χ3n) is 3.25. The van der Waals surface area contributed by atoms with Crippen LogP contribution in [0.25, 0.3) is 11.3 Å². The van der Waals surface area contributed by atoms with Gasteiger partial charge in [0.2, 0.25) is 0 Å². The number of H-pyrrole nitrogens is 1. The van der Waals surface area contributed by atoms with Crippen LogP contribution in [0.2, 0.25) is 0 Å². The summed E-state index contributed by atoms with van der Waals surface area (Å²) < 4.78 is 5.28. The number of amides is 1. The van der Waals surface area contributed by atoms with Crippen LogP contribution in [0.15, 0.2) is 36.5 Å². The summed E-state index contributed by atoms with van der Waals surface area (Å²) in [5, 5.41) is 9.94. The predicted octanol–water partition coefficient (Wildman–Crippen LogP) is 2.47. The Morgan fingerprint density at radius 3 is 2.65 bits per heavy atom. The van der Waals surface area contributed by atoms with Gasteiger partial charge in [-0.05, 0) is 38.3 Å². The number of hydrogen-bond acceptors (Lipinski definition) is 4. The summed E-state index contributed by atoms with van der Waals surface area (Å²) in [6.45, 7) is 5.80. The third-order valence-corrected chi connectivity index (χ3v) is 3.25. The molecule has 1 aromatic heterocycles. The van der Waals surface area contributed by atoms with E-state index >= 15 is 0 Å². The van der Waals surface area contributed by atoms with Crippen molar-refractivity contribution in [2.45, 2.75) is 38.8 Å². The van der Waals surface area contributed by atoms with Crippen molar-refractivity contribution in [3.63, 3.8) is 0 Å². The molecule has 1 atom stereocenters. The zero-order valence-corrected chi connectivity index (χ0v) is 13.8. The van der Waals surface area contributed by atoms with E-state index in [-0.39, 0.29) is 6.04 Å². The molecule has 0 aliphatic carbocycles. The SMILES string of the molecule is CC(C)(C)OC(=O)NC(CN)Cc1cn[nH]c1-c1ccccc1. The monoisotopic (exact) mass is 316 g/mol. The molecule has 6 nitrogen and oxygen atoms in total. The van der Waals surface area contributed by atoms with Crippen LogP contribution in [-0.4, -0.2) is 34.5 Å². The molecule has 2 aromatic rings. The lowest BCUT2D eigenvalue weighted by atomic mass is 10.0. The maximum absolute atomic E-state index is 11.9. The first-order chi connectivity index (χ1) is 10.9. The number of nitrogens with two attached hydrogens (primary N) is 1. The molecule has 23 heavy (non-hydrogen) atoms. The summed E-state index contributed by atoms with van der Waals surface area (Å²) in [6.07, 6.45) is 1.89. The second-order valence-electron chi connectivity index (χ2n) is 6.42. The molecule has 2 rings (SSSR count). The van der Waals surface area contributed by atoms with Gasteiger partial charge in [-0.25, -0.2) is 4.79 Å². The Bertz CT molecular complexity index is 632. The van der Waals surface area contributed by atoms with E-state index in [1.54, 1.807) is 6.20 Å². The van der Waals surface area contributed by atoms with Gasteiger partial charge in [0.05, 0.1) is 11.9 Å². The molecular formula is C17H24N4O2. The zero-order valence-electron chi connectivity index (χ0n) is 13.8. The van der Waals surface area contributed by atoms with E-state index in [0.29, 0.717) is 13.0 Å². The highest BCUT2D eigenvalue weighted by atomic mass is 16.6. The number of aromatic nitrogens is 2. The Labute approximate surface area is 136 Å². The molecule has 6 heteroatoms. The molecule has 0 aliphatic heterocycles. The highest BCUT2D eigenvalue weighted by Gasteiger charge is 2.20. The van der Waals surface area contributed by atoms with E-state index in [2.05, 4.69) is 15.5 Å². The summed E-state index contributed by atoms with van der Waals surface area (Å²) in [5.74, 6) is 0. The highest BCUT2D eigenvalue weighted by molar-refractivity contribution is 5.68. The van der Waals surface area contributed by atoms with Crippen molar-refractivity contribution in [2.75, 3.05) is 6.54 Å². The molecule has 1 unspecified atom stereocenters. The van der Waals surface area contributed by atoms with Gasteiger partial charge in [-0.2, -0.15) is 5.10 Å². The number of nitrogens with zero attached hydrogens (tertiary/aromatic N) is 1. The van der Waals surface area contributed by atoms with Crippen molar-refractivity contribution in [3.8, 4) is 11.3 Å². The molecule has 124 valence electrons. The Morgan fingerprint density at radius 2 is 2.04 bits per heavy atom. The van der Waals surface area contributed by atoms with Gasteiger partial charge < -0.3 is 15.8 Å². The quantitative estimate of drug-likeness (QED) is 0.790. The molecule has 1 aromatic carbocycles. The molecule has 4 N–H and O–H groups in total. The second kappa shape index (κ2) is 7.28. The number of nitrogens with one attached hydrogen (secondary N) is 2. The first-order valence-electron chi connectivity index (χ1n) is 7.66. The molecular weight excluding hydrogens is 292 g/mol. The van der Waals surface area contributed by atoms with Crippen molar-refractivity contribution in [2.24, 2.45) is 5.73 Å². The van der Waals surface area contributed by atoms with Crippen LogP contribution in [0.1, 0.15) is 26.3 Å². The van der Waals surface area contributed by atoms with Crippen molar-refractivity contribution in [1.29, 1.82) is 0 Å². The van der Waals surface area contributed by atoms with E-state index in [1.807, 2.05) is 51.1 Å². The first kappa shape index (κ1) is 17.0. The maximum Gasteiger partial charge on any atom is 0.407 e. The summed E-state index contributed by atoms with van der Waals surface area (Å²) in [4.78, 5) is 11.9. The summed E-state index contributed by atoms with van der Waals surface area (Å²) in [6, 6.07) is 9.71. The number of carbonyl (C=O) groups is 1. The molecule has 0 saturated heterocycles. The largest absolute Gasteiger partial charge is 0.444 e. The number of ether oxygens (including phenoxy) is 1.